The van der Waals surface area contributed by atoms with E-state index in [1.165, 1.54) is 12.8 Å². The zero-order chi connectivity index (χ0) is 9.97. The number of fused-ring (bicyclic) bond motifs is 1. The van der Waals surface area contributed by atoms with E-state index in [0.29, 0.717) is 0 Å². The lowest BCUT2D eigenvalue weighted by atomic mass is 10.0. The largest absolute Gasteiger partial charge is 0.328 e. The fourth-order valence-corrected chi connectivity index (χ4v) is 1.77. The van der Waals surface area contributed by atoms with Crippen LogP contribution in [0.25, 0.3) is 0 Å². The van der Waals surface area contributed by atoms with Gasteiger partial charge in [-0.15, -0.1) is 5.10 Å². The summed E-state index contributed by atoms with van der Waals surface area (Å²) in [5.41, 5.74) is 7.92. The molecule has 14 heavy (non-hydrogen) atoms. The van der Waals surface area contributed by atoms with Gasteiger partial charge in [-0.05, 0) is 32.6 Å². The van der Waals surface area contributed by atoms with Crippen molar-refractivity contribution in [2.24, 2.45) is 5.73 Å². The predicted octanol–water partition coefficient (Wildman–Crippen LogP) is 0.640. The van der Waals surface area contributed by atoms with Crippen LogP contribution in [-0.2, 0) is 19.3 Å². The standard InChI is InChI=1S/C10H16N4/c1-7(11)6-10-12-8-4-2-3-5-9(8)13-14-10/h7H,2-6,11H2,1H3. The Balaban J connectivity index is 2.20. The Morgan fingerprint density at radius 3 is 2.64 bits per heavy atom. The molecule has 1 aliphatic rings. The number of aromatic nitrogens is 3. The van der Waals surface area contributed by atoms with Crippen molar-refractivity contribution >= 4 is 0 Å². The fourth-order valence-electron chi connectivity index (χ4n) is 1.77. The number of nitrogens with zero attached hydrogens (tertiary/aromatic N) is 3. The second-order valence-corrected chi connectivity index (χ2v) is 4.01. The first-order valence-electron chi connectivity index (χ1n) is 5.22. The van der Waals surface area contributed by atoms with Crippen LogP contribution in [0.3, 0.4) is 0 Å². The summed E-state index contributed by atoms with van der Waals surface area (Å²) in [5, 5.41) is 8.30. The number of rotatable bonds is 2. The van der Waals surface area contributed by atoms with Gasteiger partial charge in [-0.2, -0.15) is 5.10 Å². The molecule has 1 heterocycles. The zero-order valence-corrected chi connectivity index (χ0v) is 8.53. The first kappa shape index (κ1) is 9.52. The molecule has 0 radical (unpaired) electrons. The highest BCUT2D eigenvalue weighted by molar-refractivity contribution is 5.13. The van der Waals surface area contributed by atoms with Gasteiger partial charge in [0.05, 0.1) is 11.4 Å². The molecule has 1 aliphatic carbocycles. The maximum absolute atomic E-state index is 5.69. The topological polar surface area (TPSA) is 64.7 Å². The minimum Gasteiger partial charge on any atom is -0.328 e. The maximum atomic E-state index is 5.69. The average Bonchev–Trinajstić information content (AvgIpc) is 2.17. The van der Waals surface area contributed by atoms with E-state index >= 15 is 0 Å². The summed E-state index contributed by atoms with van der Waals surface area (Å²) in [6.45, 7) is 1.96. The Morgan fingerprint density at radius 2 is 1.93 bits per heavy atom. The van der Waals surface area contributed by atoms with Gasteiger partial charge in [-0.25, -0.2) is 4.98 Å². The maximum Gasteiger partial charge on any atom is 0.152 e. The van der Waals surface area contributed by atoms with Gasteiger partial charge in [0.1, 0.15) is 0 Å². The van der Waals surface area contributed by atoms with E-state index in [-0.39, 0.29) is 6.04 Å². The van der Waals surface area contributed by atoms with Gasteiger partial charge in [0, 0.05) is 12.5 Å². The van der Waals surface area contributed by atoms with Crippen LogP contribution in [0.5, 0.6) is 0 Å². The summed E-state index contributed by atoms with van der Waals surface area (Å²) >= 11 is 0. The molecule has 0 aliphatic heterocycles. The van der Waals surface area contributed by atoms with Crippen molar-refractivity contribution in [2.45, 2.75) is 45.1 Å². The molecule has 4 heteroatoms. The summed E-state index contributed by atoms with van der Waals surface area (Å²) in [4.78, 5) is 4.50. The quantitative estimate of drug-likeness (QED) is 0.746. The van der Waals surface area contributed by atoms with E-state index in [2.05, 4.69) is 15.2 Å². The highest BCUT2D eigenvalue weighted by Crippen LogP contribution is 2.16. The molecule has 0 saturated carbocycles. The van der Waals surface area contributed by atoms with Gasteiger partial charge in [0.15, 0.2) is 5.82 Å². The van der Waals surface area contributed by atoms with Crippen molar-refractivity contribution in [3.05, 3.63) is 17.2 Å². The highest BCUT2D eigenvalue weighted by Gasteiger charge is 2.13. The third-order valence-electron chi connectivity index (χ3n) is 2.46. The first-order chi connectivity index (χ1) is 6.75. The average molecular weight is 192 g/mol. The van der Waals surface area contributed by atoms with Gasteiger partial charge in [0.25, 0.3) is 0 Å². The minimum atomic E-state index is 0.110. The van der Waals surface area contributed by atoms with Crippen molar-refractivity contribution in [1.29, 1.82) is 0 Å². The smallest absolute Gasteiger partial charge is 0.152 e. The number of hydrogen-bond donors (Lipinski definition) is 1. The van der Waals surface area contributed by atoms with Crippen LogP contribution in [0.15, 0.2) is 0 Å². The lowest BCUT2D eigenvalue weighted by Gasteiger charge is -2.13. The Bertz CT molecular complexity index is 322. The molecule has 0 spiro atoms. The Hall–Kier alpha value is -1.03. The van der Waals surface area contributed by atoms with Gasteiger partial charge in [0.2, 0.25) is 0 Å². The molecule has 0 aromatic carbocycles. The normalized spacial score (nSPS) is 17.6. The van der Waals surface area contributed by atoms with Gasteiger partial charge >= 0.3 is 0 Å². The predicted molar refractivity (Wildman–Crippen MR) is 53.8 cm³/mol. The summed E-state index contributed by atoms with van der Waals surface area (Å²) in [6, 6.07) is 0.110. The van der Waals surface area contributed by atoms with Crippen molar-refractivity contribution in [3.8, 4) is 0 Å². The highest BCUT2D eigenvalue weighted by atomic mass is 15.2. The molecule has 1 aromatic heterocycles. The van der Waals surface area contributed by atoms with Gasteiger partial charge in [-0.3, -0.25) is 0 Å². The van der Waals surface area contributed by atoms with Crippen LogP contribution < -0.4 is 5.73 Å². The number of hydrogen-bond acceptors (Lipinski definition) is 4. The molecule has 4 nitrogen and oxygen atoms in total. The van der Waals surface area contributed by atoms with Crippen LogP contribution >= 0.6 is 0 Å². The van der Waals surface area contributed by atoms with Gasteiger partial charge < -0.3 is 5.73 Å². The van der Waals surface area contributed by atoms with Crippen LogP contribution in [0.1, 0.15) is 37.0 Å². The van der Waals surface area contributed by atoms with Crippen LogP contribution in [0.4, 0.5) is 0 Å². The van der Waals surface area contributed by atoms with Crippen molar-refractivity contribution in [1.82, 2.24) is 15.2 Å². The molecule has 1 unspecified atom stereocenters. The third-order valence-corrected chi connectivity index (χ3v) is 2.46. The molecule has 2 rings (SSSR count). The molecule has 0 bridgehead atoms. The molecule has 1 aromatic rings. The summed E-state index contributed by atoms with van der Waals surface area (Å²) in [7, 11) is 0. The Labute approximate surface area is 83.9 Å². The molecule has 76 valence electrons. The minimum absolute atomic E-state index is 0.110. The van der Waals surface area contributed by atoms with Crippen LogP contribution in [-0.4, -0.2) is 21.2 Å². The second-order valence-electron chi connectivity index (χ2n) is 4.01. The van der Waals surface area contributed by atoms with E-state index < -0.39 is 0 Å². The Morgan fingerprint density at radius 1 is 1.21 bits per heavy atom. The molecule has 0 fully saturated rings. The van der Waals surface area contributed by atoms with Crippen LogP contribution in [0, 0.1) is 0 Å². The lowest BCUT2D eigenvalue weighted by Crippen LogP contribution is -2.21. The van der Waals surface area contributed by atoms with Crippen molar-refractivity contribution < 1.29 is 0 Å². The molecule has 0 saturated heterocycles. The molecule has 0 amide bonds. The summed E-state index contributed by atoms with van der Waals surface area (Å²) in [5.74, 6) is 0.792. The van der Waals surface area contributed by atoms with Crippen LogP contribution in [0.2, 0.25) is 0 Å². The lowest BCUT2D eigenvalue weighted by molar-refractivity contribution is 0.603. The van der Waals surface area contributed by atoms with E-state index in [1.54, 1.807) is 0 Å². The van der Waals surface area contributed by atoms with E-state index in [4.69, 9.17) is 5.73 Å². The van der Waals surface area contributed by atoms with Crippen molar-refractivity contribution in [3.63, 3.8) is 0 Å². The zero-order valence-electron chi connectivity index (χ0n) is 8.53. The van der Waals surface area contributed by atoms with E-state index in [0.717, 1.165) is 36.5 Å². The van der Waals surface area contributed by atoms with E-state index in [1.807, 2.05) is 6.92 Å². The molecule has 2 N–H and O–H groups in total. The molecular weight excluding hydrogens is 176 g/mol. The SMILES string of the molecule is CC(N)Cc1nnc2c(n1)CCCC2. The molecule has 1 atom stereocenters. The summed E-state index contributed by atoms with van der Waals surface area (Å²) < 4.78 is 0. The van der Waals surface area contributed by atoms with Gasteiger partial charge in [-0.1, -0.05) is 0 Å². The molecular formula is C10H16N4. The number of aryl methyl sites for hydroxylation is 2. The fraction of sp³-hybridized carbons (Fsp3) is 0.700. The van der Waals surface area contributed by atoms with Crippen molar-refractivity contribution in [2.75, 3.05) is 0 Å². The third kappa shape index (κ3) is 2.07. The Kier molecular flexibility index (Phi) is 2.72. The first-order valence-corrected chi connectivity index (χ1v) is 5.22. The number of nitrogens with two attached hydrogens (primary N) is 1. The van der Waals surface area contributed by atoms with E-state index in [9.17, 15) is 0 Å². The second kappa shape index (κ2) is 4.00. The monoisotopic (exact) mass is 192 g/mol. The summed E-state index contributed by atoms with van der Waals surface area (Å²) in [6.07, 6.45) is 5.25.